The fourth-order valence-electron chi connectivity index (χ4n) is 2.07. The van der Waals surface area contributed by atoms with Gasteiger partial charge in [0, 0.05) is 22.9 Å². The maximum absolute atomic E-state index is 5.88. The SMILES string of the molecule is C[C@H](NC1CCCSC1)c1ccc(Cl)cc1. The Bertz CT molecular complexity index is 319. The summed E-state index contributed by atoms with van der Waals surface area (Å²) in [5.41, 5.74) is 1.32. The Balaban J connectivity index is 1.91. The number of hydrogen-bond acceptors (Lipinski definition) is 2. The lowest BCUT2D eigenvalue weighted by atomic mass is 10.1. The van der Waals surface area contributed by atoms with E-state index in [0.717, 1.165) is 5.02 Å². The van der Waals surface area contributed by atoms with Crippen LogP contribution in [0.15, 0.2) is 24.3 Å². The van der Waals surface area contributed by atoms with Gasteiger partial charge in [0.1, 0.15) is 0 Å². The molecule has 1 aliphatic rings. The molecule has 88 valence electrons. The van der Waals surface area contributed by atoms with E-state index in [9.17, 15) is 0 Å². The smallest absolute Gasteiger partial charge is 0.0406 e. The predicted octanol–water partition coefficient (Wildman–Crippen LogP) is 3.89. The summed E-state index contributed by atoms with van der Waals surface area (Å²) in [7, 11) is 0. The monoisotopic (exact) mass is 255 g/mol. The zero-order chi connectivity index (χ0) is 11.4. The van der Waals surface area contributed by atoms with E-state index < -0.39 is 0 Å². The van der Waals surface area contributed by atoms with Gasteiger partial charge in [-0.25, -0.2) is 0 Å². The van der Waals surface area contributed by atoms with E-state index >= 15 is 0 Å². The third-order valence-corrected chi connectivity index (χ3v) is 4.48. The molecule has 1 saturated heterocycles. The van der Waals surface area contributed by atoms with Crippen LogP contribution in [0.25, 0.3) is 0 Å². The Morgan fingerprint density at radius 1 is 1.38 bits per heavy atom. The van der Waals surface area contributed by atoms with Crippen molar-refractivity contribution in [3.63, 3.8) is 0 Å². The van der Waals surface area contributed by atoms with Gasteiger partial charge < -0.3 is 5.32 Å². The maximum atomic E-state index is 5.88. The van der Waals surface area contributed by atoms with Crippen LogP contribution in [0.4, 0.5) is 0 Å². The van der Waals surface area contributed by atoms with Crippen LogP contribution in [0, 0.1) is 0 Å². The normalized spacial score (nSPS) is 23.0. The molecule has 1 N–H and O–H groups in total. The van der Waals surface area contributed by atoms with E-state index in [2.05, 4.69) is 36.1 Å². The molecule has 0 aliphatic carbocycles. The molecule has 0 bridgehead atoms. The van der Waals surface area contributed by atoms with E-state index in [0.29, 0.717) is 12.1 Å². The fraction of sp³-hybridized carbons (Fsp3) is 0.538. The molecule has 0 radical (unpaired) electrons. The van der Waals surface area contributed by atoms with E-state index in [1.165, 1.54) is 29.9 Å². The van der Waals surface area contributed by atoms with Crippen LogP contribution in [0.3, 0.4) is 0 Å². The molecule has 1 nitrogen and oxygen atoms in total. The molecule has 0 saturated carbocycles. The number of thioether (sulfide) groups is 1. The number of nitrogens with one attached hydrogen (secondary N) is 1. The standard InChI is InChI=1S/C13H18ClNS/c1-10(11-4-6-12(14)7-5-11)15-13-3-2-8-16-9-13/h4-7,10,13,15H,2-3,8-9H2,1H3/t10-,13?/m0/s1. The largest absolute Gasteiger partial charge is 0.307 e. The summed E-state index contributed by atoms with van der Waals surface area (Å²) in [6.07, 6.45) is 2.65. The third kappa shape index (κ3) is 3.41. The first kappa shape index (κ1) is 12.3. The Morgan fingerprint density at radius 2 is 2.12 bits per heavy atom. The summed E-state index contributed by atoms with van der Waals surface area (Å²) < 4.78 is 0. The van der Waals surface area contributed by atoms with Crippen molar-refractivity contribution >= 4 is 23.4 Å². The van der Waals surface area contributed by atoms with Crippen molar-refractivity contribution in [3.05, 3.63) is 34.9 Å². The van der Waals surface area contributed by atoms with Gasteiger partial charge in [0.15, 0.2) is 0 Å². The summed E-state index contributed by atoms with van der Waals surface area (Å²) in [4.78, 5) is 0. The van der Waals surface area contributed by atoms with Crippen molar-refractivity contribution in [1.82, 2.24) is 5.32 Å². The van der Waals surface area contributed by atoms with Crippen LogP contribution in [-0.4, -0.2) is 17.5 Å². The Labute approximate surface area is 107 Å². The highest BCUT2D eigenvalue weighted by Crippen LogP contribution is 2.21. The van der Waals surface area contributed by atoms with Crippen molar-refractivity contribution in [1.29, 1.82) is 0 Å². The number of hydrogen-bond donors (Lipinski definition) is 1. The first-order valence-electron chi connectivity index (χ1n) is 5.85. The van der Waals surface area contributed by atoms with E-state index in [4.69, 9.17) is 11.6 Å². The minimum Gasteiger partial charge on any atom is -0.307 e. The van der Waals surface area contributed by atoms with Gasteiger partial charge in [-0.3, -0.25) is 0 Å². The van der Waals surface area contributed by atoms with Crippen molar-refractivity contribution in [2.45, 2.75) is 31.8 Å². The highest BCUT2D eigenvalue weighted by atomic mass is 35.5. The molecule has 0 spiro atoms. The minimum absolute atomic E-state index is 0.418. The van der Waals surface area contributed by atoms with Crippen molar-refractivity contribution < 1.29 is 0 Å². The van der Waals surface area contributed by atoms with Gasteiger partial charge in [0.05, 0.1) is 0 Å². The highest BCUT2D eigenvalue weighted by Gasteiger charge is 2.16. The van der Waals surface area contributed by atoms with Gasteiger partial charge in [-0.2, -0.15) is 11.8 Å². The van der Waals surface area contributed by atoms with Gasteiger partial charge in [0.25, 0.3) is 0 Å². The van der Waals surface area contributed by atoms with Gasteiger partial charge >= 0.3 is 0 Å². The van der Waals surface area contributed by atoms with E-state index in [1.807, 2.05) is 12.1 Å². The number of halogens is 1. The summed E-state index contributed by atoms with van der Waals surface area (Å²) in [6, 6.07) is 9.23. The summed E-state index contributed by atoms with van der Waals surface area (Å²) >= 11 is 7.94. The molecule has 2 rings (SSSR count). The maximum Gasteiger partial charge on any atom is 0.0406 e. The molecule has 2 atom stereocenters. The lowest BCUT2D eigenvalue weighted by Crippen LogP contribution is -2.35. The van der Waals surface area contributed by atoms with Crippen LogP contribution >= 0.6 is 23.4 Å². The lowest BCUT2D eigenvalue weighted by Gasteiger charge is -2.26. The minimum atomic E-state index is 0.418. The average Bonchev–Trinajstić information content (AvgIpc) is 2.31. The predicted molar refractivity (Wildman–Crippen MR) is 73.3 cm³/mol. The van der Waals surface area contributed by atoms with E-state index in [1.54, 1.807) is 0 Å². The third-order valence-electron chi connectivity index (χ3n) is 3.02. The Kier molecular flexibility index (Phi) is 4.56. The van der Waals surface area contributed by atoms with Crippen molar-refractivity contribution in [3.8, 4) is 0 Å². The second-order valence-electron chi connectivity index (χ2n) is 4.35. The molecule has 16 heavy (non-hydrogen) atoms. The number of rotatable bonds is 3. The van der Waals surface area contributed by atoms with Crippen LogP contribution in [0.2, 0.25) is 5.02 Å². The van der Waals surface area contributed by atoms with Crippen molar-refractivity contribution in [2.75, 3.05) is 11.5 Å². The average molecular weight is 256 g/mol. The molecule has 1 heterocycles. The van der Waals surface area contributed by atoms with Gasteiger partial charge in [0.2, 0.25) is 0 Å². The van der Waals surface area contributed by atoms with Gasteiger partial charge in [-0.1, -0.05) is 23.7 Å². The van der Waals surface area contributed by atoms with Crippen LogP contribution in [0.1, 0.15) is 31.4 Å². The summed E-state index contributed by atoms with van der Waals surface area (Å²) in [5.74, 6) is 2.57. The molecule has 1 aromatic rings. The summed E-state index contributed by atoms with van der Waals surface area (Å²) in [5, 5.41) is 4.50. The first-order valence-corrected chi connectivity index (χ1v) is 7.38. The van der Waals surface area contributed by atoms with Crippen LogP contribution in [0.5, 0.6) is 0 Å². The molecule has 1 unspecified atom stereocenters. The second kappa shape index (κ2) is 5.95. The first-order chi connectivity index (χ1) is 7.75. The number of benzene rings is 1. The topological polar surface area (TPSA) is 12.0 Å². The van der Waals surface area contributed by atoms with E-state index in [-0.39, 0.29) is 0 Å². The van der Waals surface area contributed by atoms with Crippen molar-refractivity contribution in [2.24, 2.45) is 0 Å². The van der Waals surface area contributed by atoms with Gasteiger partial charge in [-0.05, 0) is 43.2 Å². The van der Waals surface area contributed by atoms with Crippen LogP contribution in [-0.2, 0) is 0 Å². The molecule has 3 heteroatoms. The quantitative estimate of drug-likeness (QED) is 0.880. The molecule has 1 aromatic carbocycles. The van der Waals surface area contributed by atoms with Gasteiger partial charge in [-0.15, -0.1) is 0 Å². The Morgan fingerprint density at radius 3 is 2.75 bits per heavy atom. The molecular formula is C13H18ClNS. The molecule has 1 fully saturated rings. The fourth-order valence-corrected chi connectivity index (χ4v) is 3.28. The second-order valence-corrected chi connectivity index (χ2v) is 5.94. The molecule has 0 amide bonds. The lowest BCUT2D eigenvalue weighted by molar-refractivity contribution is 0.453. The zero-order valence-corrected chi connectivity index (χ0v) is 11.2. The zero-order valence-electron chi connectivity index (χ0n) is 9.58. The summed E-state index contributed by atoms with van der Waals surface area (Å²) in [6.45, 7) is 2.22. The van der Waals surface area contributed by atoms with Crippen LogP contribution < -0.4 is 5.32 Å². The molecule has 1 aliphatic heterocycles. The highest BCUT2D eigenvalue weighted by molar-refractivity contribution is 7.99. The molecular weight excluding hydrogens is 238 g/mol. The molecule has 0 aromatic heterocycles. The Hall–Kier alpha value is -0.180.